The van der Waals surface area contributed by atoms with Crippen molar-refractivity contribution in [3.63, 3.8) is 0 Å². The van der Waals surface area contributed by atoms with E-state index < -0.39 is 0 Å². The van der Waals surface area contributed by atoms with Crippen molar-refractivity contribution in [1.29, 1.82) is 0 Å². The largest absolute Gasteiger partial charge is 0.345 e. The molecule has 120 valence electrons. The molecule has 6 nitrogen and oxygen atoms in total. The second-order valence-corrected chi connectivity index (χ2v) is 5.79. The van der Waals surface area contributed by atoms with Crippen molar-refractivity contribution in [3.8, 4) is 0 Å². The van der Waals surface area contributed by atoms with Gasteiger partial charge in [0.25, 0.3) is 0 Å². The fraction of sp³-hybridized carbons (Fsp3) is 0.412. The van der Waals surface area contributed by atoms with Gasteiger partial charge in [-0.05, 0) is 34.9 Å². The van der Waals surface area contributed by atoms with Gasteiger partial charge in [0.1, 0.15) is 0 Å². The van der Waals surface area contributed by atoms with Gasteiger partial charge in [-0.3, -0.25) is 4.79 Å². The molecule has 0 saturated heterocycles. The highest BCUT2D eigenvalue weighted by atomic mass is 16.1. The van der Waals surface area contributed by atoms with Crippen LogP contribution in [-0.4, -0.2) is 26.1 Å². The lowest BCUT2D eigenvalue weighted by Crippen LogP contribution is -2.25. The molecule has 0 aliphatic heterocycles. The van der Waals surface area contributed by atoms with E-state index in [9.17, 15) is 4.79 Å². The van der Waals surface area contributed by atoms with Crippen molar-refractivity contribution in [2.24, 2.45) is 0 Å². The summed E-state index contributed by atoms with van der Waals surface area (Å²) in [7, 11) is 0. The number of rotatable bonds is 5. The number of hydrogen-bond donors (Lipinski definition) is 1. The number of benzene rings is 1. The normalized spacial score (nSPS) is 15.8. The maximum Gasteiger partial charge on any atom is 0.244 e. The molecular weight excluding hydrogens is 290 g/mol. The Morgan fingerprint density at radius 2 is 2.00 bits per heavy atom. The zero-order valence-electron chi connectivity index (χ0n) is 13.1. The van der Waals surface area contributed by atoms with Crippen molar-refractivity contribution >= 4 is 12.0 Å². The van der Waals surface area contributed by atoms with E-state index in [0.29, 0.717) is 12.6 Å². The van der Waals surface area contributed by atoms with Crippen LogP contribution in [0.4, 0.5) is 0 Å². The zero-order chi connectivity index (χ0) is 15.9. The smallest absolute Gasteiger partial charge is 0.244 e. The first-order valence-electron chi connectivity index (χ1n) is 8.10. The molecule has 0 spiro atoms. The van der Waals surface area contributed by atoms with E-state index in [1.807, 2.05) is 35.0 Å². The van der Waals surface area contributed by atoms with E-state index in [1.165, 1.54) is 25.3 Å². The van der Waals surface area contributed by atoms with Crippen molar-refractivity contribution in [3.05, 3.63) is 47.8 Å². The van der Waals surface area contributed by atoms with Crippen molar-refractivity contribution in [2.45, 2.75) is 44.7 Å². The summed E-state index contributed by atoms with van der Waals surface area (Å²) < 4.78 is 1.88. The minimum atomic E-state index is -0.146. The third-order valence-electron chi connectivity index (χ3n) is 4.13. The minimum absolute atomic E-state index is 0.146. The van der Waals surface area contributed by atoms with E-state index in [-0.39, 0.29) is 5.91 Å². The summed E-state index contributed by atoms with van der Waals surface area (Å²) in [6.45, 7) is 0.349. The first-order chi connectivity index (χ1) is 11.3. The first kappa shape index (κ1) is 15.4. The summed E-state index contributed by atoms with van der Waals surface area (Å²) in [6, 6.07) is 10.1. The number of aromatic nitrogens is 4. The van der Waals surface area contributed by atoms with Crippen LogP contribution in [0.2, 0.25) is 0 Å². The number of carbonyl (C=O) groups is 1. The topological polar surface area (TPSA) is 72.7 Å². The van der Waals surface area contributed by atoms with Crippen LogP contribution in [0.5, 0.6) is 0 Å². The van der Waals surface area contributed by atoms with Gasteiger partial charge in [0.15, 0.2) is 5.82 Å². The molecule has 1 aliphatic rings. The molecule has 2 aromatic rings. The minimum Gasteiger partial charge on any atom is -0.345 e. The second kappa shape index (κ2) is 7.67. The molecule has 1 heterocycles. The van der Waals surface area contributed by atoms with Crippen LogP contribution in [0, 0.1) is 0 Å². The van der Waals surface area contributed by atoms with Gasteiger partial charge >= 0.3 is 0 Å². The van der Waals surface area contributed by atoms with Gasteiger partial charge in [0.2, 0.25) is 5.91 Å². The summed E-state index contributed by atoms with van der Waals surface area (Å²) >= 11 is 0. The molecule has 23 heavy (non-hydrogen) atoms. The van der Waals surface area contributed by atoms with Gasteiger partial charge in [0, 0.05) is 6.08 Å². The standard InChI is InChI=1S/C17H21N5O/c23-17(12-11-14-7-3-1-4-8-14)18-13-16-19-20-21-22(16)15-9-5-2-6-10-15/h1,3-4,7-8,11-12,15H,2,5-6,9-10,13H2,(H,18,23)/b12-11-. The lowest BCUT2D eigenvalue weighted by molar-refractivity contribution is -0.116. The van der Waals surface area contributed by atoms with E-state index in [4.69, 9.17) is 0 Å². The van der Waals surface area contributed by atoms with E-state index in [2.05, 4.69) is 20.8 Å². The molecule has 0 unspecified atom stereocenters. The Labute approximate surface area is 135 Å². The lowest BCUT2D eigenvalue weighted by atomic mass is 9.95. The number of amides is 1. The molecule has 1 fully saturated rings. The highest BCUT2D eigenvalue weighted by Gasteiger charge is 2.19. The summed E-state index contributed by atoms with van der Waals surface area (Å²) in [6.07, 6.45) is 9.27. The molecule has 1 N–H and O–H groups in total. The average Bonchev–Trinajstić information content (AvgIpc) is 3.08. The van der Waals surface area contributed by atoms with Gasteiger partial charge in [-0.2, -0.15) is 0 Å². The molecular formula is C17H21N5O. The average molecular weight is 311 g/mol. The fourth-order valence-corrected chi connectivity index (χ4v) is 2.90. The van der Waals surface area contributed by atoms with Crippen LogP contribution in [-0.2, 0) is 11.3 Å². The Morgan fingerprint density at radius 3 is 2.78 bits per heavy atom. The summed E-state index contributed by atoms with van der Waals surface area (Å²) in [5.74, 6) is 0.574. The van der Waals surface area contributed by atoms with Crippen LogP contribution >= 0.6 is 0 Å². The highest BCUT2D eigenvalue weighted by Crippen LogP contribution is 2.27. The first-order valence-corrected chi connectivity index (χ1v) is 8.10. The van der Waals surface area contributed by atoms with E-state index >= 15 is 0 Å². The molecule has 1 aromatic carbocycles. The molecule has 0 radical (unpaired) electrons. The number of nitrogens with one attached hydrogen (secondary N) is 1. The van der Waals surface area contributed by atoms with Crippen molar-refractivity contribution in [2.75, 3.05) is 0 Å². The molecule has 6 heteroatoms. The molecule has 1 saturated carbocycles. The predicted molar refractivity (Wildman–Crippen MR) is 87.3 cm³/mol. The third-order valence-corrected chi connectivity index (χ3v) is 4.13. The third kappa shape index (κ3) is 4.25. The summed E-state index contributed by atoms with van der Waals surface area (Å²) in [4.78, 5) is 11.9. The van der Waals surface area contributed by atoms with E-state index in [1.54, 1.807) is 6.08 Å². The van der Waals surface area contributed by atoms with Gasteiger partial charge in [-0.1, -0.05) is 49.6 Å². The summed E-state index contributed by atoms with van der Waals surface area (Å²) in [5.41, 5.74) is 0.995. The Balaban J connectivity index is 1.55. The number of tetrazole rings is 1. The van der Waals surface area contributed by atoms with Crippen LogP contribution in [0.3, 0.4) is 0 Å². The van der Waals surface area contributed by atoms with Gasteiger partial charge in [-0.15, -0.1) is 5.10 Å². The predicted octanol–water partition coefficient (Wildman–Crippen LogP) is 2.51. The molecule has 0 atom stereocenters. The second-order valence-electron chi connectivity index (χ2n) is 5.79. The number of hydrogen-bond acceptors (Lipinski definition) is 4. The monoisotopic (exact) mass is 311 g/mol. The zero-order valence-corrected chi connectivity index (χ0v) is 13.1. The lowest BCUT2D eigenvalue weighted by Gasteiger charge is -2.22. The van der Waals surface area contributed by atoms with Crippen LogP contribution in [0.15, 0.2) is 36.4 Å². The fourth-order valence-electron chi connectivity index (χ4n) is 2.90. The van der Waals surface area contributed by atoms with Gasteiger partial charge in [0.05, 0.1) is 12.6 Å². The van der Waals surface area contributed by atoms with Crippen LogP contribution in [0.25, 0.3) is 6.08 Å². The molecule has 0 bridgehead atoms. The molecule has 1 aliphatic carbocycles. The van der Waals surface area contributed by atoms with Crippen LogP contribution in [0.1, 0.15) is 49.5 Å². The van der Waals surface area contributed by atoms with Gasteiger partial charge < -0.3 is 5.32 Å². The Hall–Kier alpha value is -2.50. The van der Waals surface area contributed by atoms with E-state index in [0.717, 1.165) is 24.2 Å². The maximum absolute atomic E-state index is 11.9. The quantitative estimate of drug-likeness (QED) is 0.861. The van der Waals surface area contributed by atoms with Gasteiger partial charge in [-0.25, -0.2) is 4.68 Å². The number of nitrogens with zero attached hydrogens (tertiary/aromatic N) is 4. The maximum atomic E-state index is 11.9. The number of carbonyl (C=O) groups excluding carboxylic acids is 1. The molecule has 3 rings (SSSR count). The Morgan fingerprint density at radius 1 is 1.22 bits per heavy atom. The molecule has 1 aromatic heterocycles. The molecule has 1 amide bonds. The van der Waals surface area contributed by atoms with Crippen molar-refractivity contribution < 1.29 is 4.79 Å². The Kier molecular flexibility index (Phi) is 5.13. The Bertz CT molecular complexity index is 659. The highest BCUT2D eigenvalue weighted by molar-refractivity contribution is 5.91. The van der Waals surface area contributed by atoms with Crippen LogP contribution < -0.4 is 5.32 Å². The summed E-state index contributed by atoms with van der Waals surface area (Å²) in [5, 5.41) is 14.8. The van der Waals surface area contributed by atoms with Crippen molar-refractivity contribution in [1.82, 2.24) is 25.5 Å². The SMILES string of the molecule is O=C(/C=C\c1ccccc1)NCc1nnnn1C1CCCCC1.